The van der Waals surface area contributed by atoms with Gasteiger partial charge in [-0.05, 0) is 52.4 Å². The molecule has 0 bridgehead atoms. The van der Waals surface area contributed by atoms with Gasteiger partial charge in [0.05, 0.1) is 6.04 Å². The van der Waals surface area contributed by atoms with Crippen molar-refractivity contribution in [2.24, 2.45) is 5.92 Å². The molecule has 0 saturated heterocycles. The minimum absolute atomic E-state index is 0.0689. The molecule has 0 aromatic heterocycles. The molecule has 1 aliphatic carbocycles. The Morgan fingerprint density at radius 3 is 2.24 bits per heavy atom. The van der Waals surface area contributed by atoms with Gasteiger partial charge < -0.3 is 10.6 Å². The van der Waals surface area contributed by atoms with E-state index >= 15 is 0 Å². The zero-order valence-electron chi connectivity index (χ0n) is 11.8. The molecule has 1 fully saturated rings. The fraction of sp³-hybridized carbons (Fsp3) is 0.929. The van der Waals surface area contributed by atoms with Crippen molar-refractivity contribution < 1.29 is 4.79 Å². The maximum Gasteiger partial charge on any atom is 0.237 e. The minimum atomic E-state index is -0.0689. The van der Waals surface area contributed by atoms with E-state index in [0.29, 0.717) is 6.04 Å². The Labute approximate surface area is 106 Å². The molecule has 0 radical (unpaired) electrons. The number of hydrogen-bond acceptors (Lipinski definition) is 2. The van der Waals surface area contributed by atoms with Gasteiger partial charge >= 0.3 is 0 Å². The van der Waals surface area contributed by atoms with Crippen molar-refractivity contribution >= 4 is 5.91 Å². The van der Waals surface area contributed by atoms with Crippen LogP contribution in [0.4, 0.5) is 0 Å². The first-order valence-electron chi connectivity index (χ1n) is 7.09. The van der Waals surface area contributed by atoms with E-state index in [1.54, 1.807) is 0 Å². The summed E-state index contributed by atoms with van der Waals surface area (Å²) in [6, 6.07) is 0.689. The van der Waals surface area contributed by atoms with E-state index in [1.165, 1.54) is 32.1 Å². The smallest absolute Gasteiger partial charge is 0.237 e. The lowest BCUT2D eigenvalue weighted by atomic mass is 9.84. The third-order valence-electron chi connectivity index (χ3n) is 3.73. The van der Waals surface area contributed by atoms with E-state index < -0.39 is 0 Å². The molecular formula is C14H28N2O. The predicted octanol–water partition coefficient (Wildman–Crippen LogP) is 2.46. The molecule has 0 spiro atoms. The van der Waals surface area contributed by atoms with Gasteiger partial charge in [0, 0.05) is 12.1 Å². The van der Waals surface area contributed by atoms with Gasteiger partial charge in [-0.25, -0.2) is 0 Å². The van der Waals surface area contributed by atoms with E-state index in [0.717, 1.165) is 5.92 Å². The standard InChI is InChI=1S/C14H28N2O/c1-5-12-6-8-13(9-7-12)16-11(4)14(17)15-10(2)3/h10-13,16H,5-9H2,1-4H3,(H,15,17). The highest BCUT2D eigenvalue weighted by Crippen LogP contribution is 2.26. The SMILES string of the molecule is CCC1CCC(NC(C)C(=O)NC(C)C)CC1. The van der Waals surface area contributed by atoms with Crippen LogP contribution in [0.3, 0.4) is 0 Å². The molecule has 3 nitrogen and oxygen atoms in total. The number of rotatable bonds is 5. The fourth-order valence-corrected chi connectivity index (χ4v) is 2.58. The molecule has 1 unspecified atom stereocenters. The molecule has 0 heterocycles. The average molecular weight is 240 g/mol. The molecule has 17 heavy (non-hydrogen) atoms. The van der Waals surface area contributed by atoms with Crippen molar-refractivity contribution in [1.29, 1.82) is 0 Å². The van der Waals surface area contributed by atoms with Gasteiger partial charge in [0.25, 0.3) is 0 Å². The molecule has 100 valence electrons. The maximum atomic E-state index is 11.8. The van der Waals surface area contributed by atoms with Gasteiger partial charge in [-0.3, -0.25) is 4.79 Å². The zero-order chi connectivity index (χ0) is 12.8. The highest BCUT2D eigenvalue weighted by molar-refractivity contribution is 5.81. The molecule has 0 aliphatic heterocycles. The summed E-state index contributed by atoms with van der Waals surface area (Å²) in [5, 5.41) is 6.41. The average Bonchev–Trinajstić information content (AvgIpc) is 2.29. The predicted molar refractivity (Wildman–Crippen MR) is 71.9 cm³/mol. The molecule has 1 atom stereocenters. The van der Waals surface area contributed by atoms with Crippen molar-refractivity contribution in [2.75, 3.05) is 0 Å². The Morgan fingerprint density at radius 2 is 1.76 bits per heavy atom. The van der Waals surface area contributed by atoms with E-state index in [2.05, 4.69) is 17.6 Å². The number of nitrogens with one attached hydrogen (secondary N) is 2. The lowest BCUT2D eigenvalue weighted by Crippen LogP contribution is -2.49. The molecule has 1 amide bonds. The van der Waals surface area contributed by atoms with Crippen LogP contribution in [0.5, 0.6) is 0 Å². The summed E-state index contributed by atoms with van der Waals surface area (Å²) < 4.78 is 0. The first kappa shape index (κ1) is 14.5. The van der Waals surface area contributed by atoms with Crippen molar-refractivity contribution in [3.05, 3.63) is 0 Å². The quantitative estimate of drug-likeness (QED) is 0.775. The van der Waals surface area contributed by atoms with E-state index in [1.807, 2.05) is 20.8 Å². The van der Waals surface area contributed by atoms with Crippen molar-refractivity contribution in [1.82, 2.24) is 10.6 Å². The second-order valence-corrected chi connectivity index (χ2v) is 5.68. The first-order valence-corrected chi connectivity index (χ1v) is 7.09. The zero-order valence-corrected chi connectivity index (χ0v) is 11.8. The highest BCUT2D eigenvalue weighted by Gasteiger charge is 2.23. The van der Waals surface area contributed by atoms with Gasteiger partial charge in [-0.15, -0.1) is 0 Å². The van der Waals surface area contributed by atoms with Crippen LogP contribution in [0, 0.1) is 5.92 Å². The van der Waals surface area contributed by atoms with Gasteiger partial charge in [0.2, 0.25) is 5.91 Å². The summed E-state index contributed by atoms with van der Waals surface area (Å²) >= 11 is 0. The van der Waals surface area contributed by atoms with Crippen LogP contribution in [0.25, 0.3) is 0 Å². The summed E-state index contributed by atoms with van der Waals surface area (Å²) in [5.41, 5.74) is 0. The Hall–Kier alpha value is -0.570. The van der Waals surface area contributed by atoms with Crippen molar-refractivity contribution in [3.8, 4) is 0 Å². The van der Waals surface area contributed by atoms with Crippen LogP contribution in [-0.2, 0) is 4.79 Å². The van der Waals surface area contributed by atoms with Crippen LogP contribution in [0.1, 0.15) is 59.8 Å². The fourth-order valence-electron chi connectivity index (χ4n) is 2.58. The number of amides is 1. The molecule has 3 heteroatoms. The largest absolute Gasteiger partial charge is 0.353 e. The van der Waals surface area contributed by atoms with Crippen LogP contribution in [0.15, 0.2) is 0 Å². The lowest BCUT2D eigenvalue weighted by molar-refractivity contribution is -0.123. The third kappa shape index (κ3) is 5.07. The molecule has 1 rings (SSSR count). The molecular weight excluding hydrogens is 212 g/mol. The Kier molecular flexibility index (Phi) is 5.96. The van der Waals surface area contributed by atoms with Gasteiger partial charge in [-0.1, -0.05) is 13.3 Å². The van der Waals surface area contributed by atoms with Gasteiger partial charge in [0.15, 0.2) is 0 Å². The molecule has 2 N–H and O–H groups in total. The highest BCUT2D eigenvalue weighted by atomic mass is 16.2. The number of carbonyl (C=O) groups is 1. The van der Waals surface area contributed by atoms with E-state index in [4.69, 9.17) is 0 Å². The first-order chi connectivity index (χ1) is 8.02. The van der Waals surface area contributed by atoms with Gasteiger partial charge in [0.1, 0.15) is 0 Å². The summed E-state index contributed by atoms with van der Waals surface area (Å²) in [6.07, 6.45) is 6.37. The second kappa shape index (κ2) is 7.00. The summed E-state index contributed by atoms with van der Waals surface area (Å²) in [6.45, 7) is 8.23. The monoisotopic (exact) mass is 240 g/mol. The number of carbonyl (C=O) groups excluding carboxylic acids is 1. The van der Waals surface area contributed by atoms with Crippen LogP contribution < -0.4 is 10.6 Å². The second-order valence-electron chi connectivity index (χ2n) is 5.68. The molecule has 1 saturated carbocycles. The number of hydrogen-bond donors (Lipinski definition) is 2. The normalized spacial score (nSPS) is 26.9. The van der Waals surface area contributed by atoms with Crippen LogP contribution >= 0.6 is 0 Å². The third-order valence-corrected chi connectivity index (χ3v) is 3.73. The van der Waals surface area contributed by atoms with Crippen molar-refractivity contribution in [3.63, 3.8) is 0 Å². The summed E-state index contributed by atoms with van der Waals surface area (Å²) in [7, 11) is 0. The Bertz CT molecular complexity index is 232. The van der Waals surface area contributed by atoms with E-state index in [9.17, 15) is 4.79 Å². The summed E-state index contributed by atoms with van der Waals surface area (Å²) in [5.74, 6) is 1.03. The van der Waals surface area contributed by atoms with Crippen LogP contribution in [0.2, 0.25) is 0 Å². The minimum Gasteiger partial charge on any atom is -0.353 e. The topological polar surface area (TPSA) is 41.1 Å². The maximum absolute atomic E-state index is 11.8. The molecule has 0 aromatic carbocycles. The Balaban J connectivity index is 2.27. The lowest BCUT2D eigenvalue weighted by Gasteiger charge is -2.30. The summed E-state index contributed by atoms with van der Waals surface area (Å²) in [4.78, 5) is 11.8. The molecule has 0 aromatic rings. The molecule has 1 aliphatic rings. The van der Waals surface area contributed by atoms with Crippen LogP contribution in [-0.4, -0.2) is 24.0 Å². The Morgan fingerprint density at radius 1 is 1.18 bits per heavy atom. The van der Waals surface area contributed by atoms with Crippen molar-refractivity contribution in [2.45, 2.75) is 77.9 Å². The van der Waals surface area contributed by atoms with E-state index in [-0.39, 0.29) is 18.0 Å². The van der Waals surface area contributed by atoms with Gasteiger partial charge in [-0.2, -0.15) is 0 Å².